The highest BCUT2D eigenvalue weighted by atomic mass is 35.5. The minimum absolute atomic E-state index is 0.0321. The first-order valence-electron chi connectivity index (χ1n) is 10.4. The molecule has 11 nitrogen and oxygen atoms in total. The van der Waals surface area contributed by atoms with Gasteiger partial charge in [0.1, 0.15) is 0 Å². The maximum Gasteiger partial charge on any atom is 0.270 e. The third-order valence-corrected chi connectivity index (χ3v) is 8.50. The number of hydrogen-bond acceptors (Lipinski definition) is 9. The van der Waals surface area contributed by atoms with Crippen molar-refractivity contribution in [1.82, 2.24) is 14.8 Å². The molecule has 0 aliphatic carbocycles. The van der Waals surface area contributed by atoms with Gasteiger partial charge in [-0.15, -0.1) is 0 Å². The Morgan fingerprint density at radius 3 is 2.41 bits per heavy atom. The van der Waals surface area contributed by atoms with Gasteiger partial charge in [0.05, 0.1) is 38.2 Å². The number of pyridine rings is 1. The highest BCUT2D eigenvalue weighted by molar-refractivity contribution is 7.91. The molecule has 0 saturated heterocycles. The van der Waals surface area contributed by atoms with Crippen molar-refractivity contribution in [2.24, 2.45) is 0 Å². The van der Waals surface area contributed by atoms with Gasteiger partial charge in [-0.3, -0.25) is 19.8 Å². The van der Waals surface area contributed by atoms with Crippen molar-refractivity contribution in [3.05, 3.63) is 70.0 Å². The summed E-state index contributed by atoms with van der Waals surface area (Å²) in [7, 11) is -4.29. The molecule has 0 saturated carbocycles. The van der Waals surface area contributed by atoms with Crippen LogP contribution in [0.15, 0.2) is 52.9 Å². The first kappa shape index (κ1) is 26.7. The topological polar surface area (TPSA) is 154 Å². The molecular weight excluding hydrogens is 563 g/mol. The fraction of sp³-hybridized carbons (Fsp3) is 0.0909. The molecule has 0 bridgehead atoms. The standard InChI is InChI=1S/C22H18Cl2N6O5S2/c1-11-21(36-22(26-11)27-12(2)31)37(34,35)29-30(33)17-9-10-25-19-13(17)5-3-8-16(19)28-20(32)18-14(23)6-4-7-15(18)24/h3-10,29,33H,1-2H3,(H,28,32)(H,26,27,31). The average Bonchev–Trinajstić information content (AvgIpc) is 3.18. The third-order valence-electron chi connectivity index (χ3n) is 4.90. The molecule has 4 N–H and O–H groups in total. The second kappa shape index (κ2) is 10.6. The number of amides is 2. The molecule has 0 radical (unpaired) electrons. The van der Waals surface area contributed by atoms with Crippen molar-refractivity contribution >= 4 is 83.8 Å². The average molecular weight is 581 g/mol. The molecule has 4 aromatic rings. The van der Waals surface area contributed by atoms with Crippen molar-refractivity contribution in [3.63, 3.8) is 0 Å². The fourth-order valence-electron chi connectivity index (χ4n) is 3.39. The number of rotatable bonds is 7. The van der Waals surface area contributed by atoms with Crippen molar-refractivity contribution in [2.45, 2.75) is 18.1 Å². The van der Waals surface area contributed by atoms with Crippen LogP contribution in [0.25, 0.3) is 10.9 Å². The molecular formula is C22H18Cl2N6O5S2. The number of hydrogen-bond donors (Lipinski definition) is 4. The molecule has 2 amide bonds. The van der Waals surface area contributed by atoms with Crippen LogP contribution in [0, 0.1) is 6.92 Å². The molecule has 0 aliphatic rings. The maximum absolute atomic E-state index is 13.0. The van der Waals surface area contributed by atoms with Crippen LogP contribution in [0.3, 0.4) is 0 Å². The second-order valence-electron chi connectivity index (χ2n) is 7.56. The number of hydrazine groups is 1. The summed E-state index contributed by atoms with van der Waals surface area (Å²) >= 11 is 13.0. The summed E-state index contributed by atoms with van der Waals surface area (Å²) < 4.78 is 25.7. The number of anilines is 3. The van der Waals surface area contributed by atoms with Gasteiger partial charge in [-0.25, -0.2) is 13.4 Å². The van der Waals surface area contributed by atoms with E-state index in [1.54, 1.807) is 24.3 Å². The van der Waals surface area contributed by atoms with E-state index in [1.807, 2.05) is 0 Å². The summed E-state index contributed by atoms with van der Waals surface area (Å²) in [6, 6.07) is 10.8. The lowest BCUT2D eigenvalue weighted by Crippen LogP contribution is -2.39. The van der Waals surface area contributed by atoms with Crippen LogP contribution in [0.5, 0.6) is 0 Å². The number of aromatic nitrogens is 2. The van der Waals surface area contributed by atoms with E-state index in [9.17, 15) is 23.2 Å². The first-order chi connectivity index (χ1) is 17.5. The quantitative estimate of drug-likeness (QED) is 0.231. The van der Waals surface area contributed by atoms with Gasteiger partial charge in [0, 0.05) is 18.5 Å². The molecule has 0 atom stereocenters. The number of fused-ring (bicyclic) bond motifs is 1. The van der Waals surface area contributed by atoms with Crippen molar-refractivity contribution in [1.29, 1.82) is 0 Å². The van der Waals surface area contributed by atoms with Crippen LogP contribution in [0.1, 0.15) is 23.0 Å². The summed E-state index contributed by atoms with van der Waals surface area (Å²) in [4.78, 5) is 34.5. The molecule has 4 rings (SSSR count). The number of halogens is 2. The van der Waals surface area contributed by atoms with Crippen molar-refractivity contribution in [2.75, 3.05) is 15.8 Å². The van der Waals surface area contributed by atoms with E-state index in [4.69, 9.17) is 23.2 Å². The Bertz CT molecular complexity index is 1620. The van der Waals surface area contributed by atoms with Gasteiger partial charge < -0.3 is 10.6 Å². The van der Waals surface area contributed by atoms with Gasteiger partial charge in [0.25, 0.3) is 15.9 Å². The predicted molar refractivity (Wildman–Crippen MR) is 142 cm³/mol. The summed E-state index contributed by atoms with van der Waals surface area (Å²) in [5, 5.41) is 16.9. The molecule has 0 aliphatic heterocycles. The van der Waals surface area contributed by atoms with Crippen LogP contribution < -0.4 is 20.6 Å². The van der Waals surface area contributed by atoms with Gasteiger partial charge in [-0.1, -0.05) is 57.6 Å². The second-order valence-corrected chi connectivity index (χ2v) is 11.2. The molecule has 0 fully saturated rings. The molecule has 0 spiro atoms. The summed E-state index contributed by atoms with van der Waals surface area (Å²) in [5.41, 5.74) is 0.780. The highest BCUT2D eigenvalue weighted by Crippen LogP contribution is 2.32. The summed E-state index contributed by atoms with van der Waals surface area (Å²) in [6.07, 6.45) is 1.33. The molecule has 0 unspecified atom stereocenters. The van der Waals surface area contributed by atoms with Gasteiger partial charge in [-0.2, -0.15) is 5.17 Å². The van der Waals surface area contributed by atoms with E-state index in [-0.39, 0.29) is 47.5 Å². The zero-order chi connectivity index (χ0) is 26.9. The van der Waals surface area contributed by atoms with Crippen LogP contribution in [0.4, 0.5) is 16.5 Å². The van der Waals surface area contributed by atoms with E-state index in [0.717, 1.165) is 11.3 Å². The number of aryl methyl sites for hydroxylation is 1. The Morgan fingerprint density at radius 2 is 1.73 bits per heavy atom. The monoisotopic (exact) mass is 580 g/mol. The fourth-order valence-corrected chi connectivity index (χ4v) is 6.33. The Morgan fingerprint density at radius 1 is 1.05 bits per heavy atom. The van der Waals surface area contributed by atoms with E-state index in [1.165, 1.54) is 38.2 Å². The molecule has 37 heavy (non-hydrogen) atoms. The number of para-hydroxylation sites is 1. The van der Waals surface area contributed by atoms with E-state index in [0.29, 0.717) is 10.6 Å². The number of benzene rings is 2. The number of carbonyl (C=O) groups is 2. The van der Waals surface area contributed by atoms with Crippen LogP contribution in [0.2, 0.25) is 10.0 Å². The van der Waals surface area contributed by atoms with Crippen LogP contribution in [-0.4, -0.2) is 35.4 Å². The lowest BCUT2D eigenvalue weighted by atomic mass is 10.1. The molecule has 192 valence electrons. The van der Waals surface area contributed by atoms with Gasteiger partial charge in [-0.05, 0) is 31.2 Å². The summed E-state index contributed by atoms with van der Waals surface area (Å²) in [6.45, 7) is 2.73. The Kier molecular flexibility index (Phi) is 7.64. The van der Waals surface area contributed by atoms with E-state index < -0.39 is 21.8 Å². The zero-order valence-corrected chi connectivity index (χ0v) is 22.3. The lowest BCUT2D eigenvalue weighted by molar-refractivity contribution is -0.114. The number of carbonyl (C=O) groups excluding carboxylic acids is 2. The highest BCUT2D eigenvalue weighted by Gasteiger charge is 2.26. The minimum atomic E-state index is -4.29. The van der Waals surface area contributed by atoms with E-state index in [2.05, 4.69) is 25.4 Å². The Labute approximate surface area is 225 Å². The smallest absolute Gasteiger partial charge is 0.270 e. The largest absolute Gasteiger partial charge is 0.320 e. The van der Waals surface area contributed by atoms with Gasteiger partial charge in [0.15, 0.2) is 9.34 Å². The number of nitrogens with zero attached hydrogens (tertiary/aromatic N) is 3. The lowest BCUT2D eigenvalue weighted by Gasteiger charge is -2.19. The van der Waals surface area contributed by atoms with Gasteiger partial charge >= 0.3 is 0 Å². The molecule has 2 aromatic carbocycles. The van der Waals surface area contributed by atoms with E-state index >= 15 is 0 Å². The van der Waals surface area contributed by atoms with Crippen LogP contribution in [-0.2, 0) is 14.8 Å². The number of nitrogens with one attached hydrogen (secondary N) is 3. The predicted octanol–water partition coefficient (Wildman–Crippen LogP) is 4.61. The maximum atomic E-state index is 13.0. The molecule has 2 aromatic heterocycles. The Hall–Kier alpha value is -3.33. The SMILES string of the molecule is CC(=O)Nc1nc(C)c(S(=O)(=O)NN(O)c2ccnc3c(NC(=O)c4c(Cl)cccc4Cl)cccc23)s1. The zero-order valence-electron chi connectivity index (χ0n) is 19.1. The molecule has 2 heterocycles. The summed E-state index contributed by atoms with van der Waals surface area (Å²) in [5.74, 6) is -0.982. The molecule has 15 heteroatoms. The van der Waals surface area contributed by atoms with Crippen LogP contribution >= 0.6 is 34.5 Å². The number of sulfonamides is 1. The number of thiazole rings is 1. The van der Waals surface area contributed by atoms with Gasteiger partial charge in [0.2, 0.25) is 5.91 Å². The van der Waals surface area contributed by atoms with Crippen molar-refractivity contribution in [3.8, 4) is 0 Å². The first-order valence-corrected chi connectivity index (χ1v) is 13.4. The van der Waals surface area contributed by atoms with Crippen molar-refractivity contribution < 1.29 is 23.2 Å². The third kappa shape index (κ3) is 5.66. The minimum Gasteiger partial charge on any atom is -0.320 e. The normalized spacial score (nSPS) is 11.4. The Balaban J connectivity index is 1.64.